The van der Waals surface area contributed by atoms with Gasteiger partial charge in [0.2, 0.25) is 0 Å². The van der Waals surface area contributed by atoms with Crippen molar-refractivity contribution in [2.24, 2.45) is 16.8 Å². The maximum absolute atomic E-state index is 13.7. The molecule has 6 nitrogen and oxygen atoms in total. The smallest absolute Gasteiger partial charge is 0.272 e. The highest BCUT2D eigenvalue weighted by Crippen LogP contribution is 2.37. The maximum Gasteiger partial charge on any atom is 0.272 e. The largest absolute Gasteiger partial charge is 0.294 e. The Morgan fingerprint density at radius 3 is 1.86 bits per heavy atom. The summed E-state index contributed by atoms with van der Waals surface area (Å²) in [6.07, 6.45) is -0.696. The molecule has 1 fully saturated rings. The zero-order chi connectivity index (χ0) is 26.3. The predicted molar refractivity (Wildman–Crippen MR) is 145 cm³/mol. The van der Waals surface area contributed by atoms with Gasteiger partial charge in [0.05, 0.1) is 22.9 Å². The van der Waals surface area contributed by atoms with E-state index in [1.165, 1.54) is 5.01 Å². The average molecular weight is 532 g/mol. The molecule has 0 spiro atoms. The van der Waals surface area contributed by atoms with Crippen LogP contribution in [-0.2, 0) is 4.79 Å². The van der Waals surface area contributed by atoms with Gasteiger partial charge in [0.15, 0.2) is 11.6 Å². The van der Waals surface area contributed by atoms with E-state index in [4.69, 9.17) is 28.2 Å². The third-order valence-electron chi connectivity index (χ3n) is 6.69. The van der Waals surface area contributed by atoms with Gasteiger partial charge < -0.3 is 0 Å². The molecule has 186 valence electrons. The number of rotatable bonds is 7. The van der Waals surface area contributed by atoms with E-state index in [1.54, 1.807) is 62.4 Å². The highest BCUT2D eigenvalue weighted by atomic mass is 35.5. The Morgan fingerprint density at radius 2 is 1.32 bits per heavy atom. The zero-order valence-electron chi connectivity index (χ0n) is 20.1. The molecule has 37 heavy (non-hydrogen) atoms. The molecule has 0 saturated carbocycles. The van der Waals surface area contributed by atoms with E-state index in [0.717, 1.165) is 0 Å². The number of allylic oxidation sites excluding steroid dienone is 1. The number of benzene rings is 3. The van der Waals surface area contributed by atoms with Crippen LogP contribution < -0.4 is 10.4 Å². The van der Waals surface area contributed by atoms with Gasteiger partial charge in [-0.25, -0.2) is 5.01 Å². The van der Waals surface area contributed by atoms with Gasteiger partial charge in [0.25, 0.3) is 5.91 Å². The monoisotopic (exact) mass is 531 g/mol. The van der Waals surface area contributed by atoms with Crippen LogP contribution in [0.25, 0.3) is 0 Å². The predicted octanol–water partition coefficient (Wildman–Crippen LogP) is 5.96. The summed E-state index contributed by atoms with van der Waals surface area (Å²) < 4.78 is 0. The van der Waals surface area contributed by atoms with E-state index in [2.05, 4.69) is 5.43 Å². The summed E-state index contributed by atoms with van der Waals surface area (Å²) in [6.45, 7) is 3.49. The van der Waals surface area contributed by atoms with Crippen LogP contribution in [-0.4, -0.2) is 29.4 Å². The molecule has 0 bridgehead atoms. The number of hydrogen-bond donors (Lipinski definition) is 1. The van der Waals surface area contributed by atoms with Crippen molar-refractivity contribution in [3.8, 4) is 0 Å². The standard InChI is InChI=1S/C29H23Cl2N3O3/c1-16(26(35)18-8-12-20(30)13-9-18)23-24-28(33-34(29(24)37)22-6-4-3-5-7-22)32-25(23)17(2)27(36)19-10-14-21(31)15-11-19/h3-17,28,33H,1-2H3/t16-,17+,28-/m0/s1. The molecular weight excluding hydrogens is 509 g/mol. The summed E-state index contributed by atoms with van der Waals surface area (Å²) in [5.74, 6) is -2.07. The van der Waals surface area contributed by atoms with E-state index in [0.29, 0.717) is 43.7 Å². The van der Waals surface area contributed by atoms with Gasteiger partial charge in [0.1, 0.15) is 6.17 Å². The van der Waals surface area contributed by atoms with Crippen molar-refractivity contribution in [2.75, 3.05) is 5.01 Å². The van der Waals surface area contributed by atoms with Crippen LogP contribution in [0, 0.1) is 11.8 Å². The number of nitrogens with zero attached hydrogens (tertiary/aromatic N) is 2. The van der Waals surface area contributed by atoms with Gasteiger partial charge in [0, 0.05) is 27.1 Å². The number of aliphatic imine (C=N–C) groups is 1. The number of carbonyl (C=O) groups excluding carboxylic acids is 3. The first-order valence-electron chi connectivity index (χ1n) is 11.8. The molecule has 0 aromatic heterocycles. The van der Waals surface area contributed by atoms with Crippen molar-refractivity contribution >= 4 is 52.1 Å². The minimum Gasteiger partial charge on any atom is -0.294 e. The number of ketones is 2. The first-order valence-corrected chi connectivity index (χ1v) is 12.6. The number of halogens is 2. The van der Waals surface area contributed by atoms with E-state index in [9.17, 15) is 14.4 Å². The van der Waals surface area contributed by atoms with Crippen LogP contribution in [0.2, 0.25) is 10.0 Å². The topological polar surface area (TPSA) is 78.8 Å². The molecule has 1 saturated heterocycles. The molecule has 2 heterocycles. The second-order valence-corrected chi connectivity index (χ2v) is 9.91. The summed E-state index contributed by atoms with van der Waals surface area (Å²) in [5.41, 5.74) is 6.03. The Morgan fingerprint density at radius 1 is 0.811 bits per heavy atom. The summed E-state index contributed by atoms with van der Waals surface area (Å²) in [4.78, 5) is 45.4. The fourth-order valence-electron chi connectivity index (χ4n) is 4.74. The first kappa shape index (κ1) is 25.1. The third-order valence-corrected chi connectivity index (χ3v) is 7.20. The van der Waals surface area contributed by atoms with E-state index >= 15 is 0 Å². The summed E-state index contributed by atoms with van der Waals surface area (Å²) in [6, 6.07) is 22.4. The number of nitrogens with one attached hydrogen (secondary N) is 1. The lowest BCUT2D eigenvalue weighted by Gasteiger charge is -2.21. The van der Waals surface area contributed by atoms with Gasteiger partial charge in [-0.05, 0) is 73.2 Å². The van der Waals surface area contributed by atoms with Crippen LogP contribution in [0.4, 0.5) is 5.69 Å². The lowest BCUT2D eigenvalue weighted by molar-refractivity contribution is -0.114. The molecular formula is C29H23Cl2N3O3. The van der Waals surface area contributed by atoms with Crippen molar-refractivity contribution in [3.63, 3.8) is 0 Å². The minimum atomic E-state index is -0.720. The van der Waals surface area contributed by atoms with Gasteiger partial charge in [-0.15, -0.1) is 0 Å². The first-order chi connectivity index (χ1) is 17.8. The Balaban J connectivity index is 1.55. The Hall–Kier alpha value is -3.58. The summed E-state index contributed by atoms with van der Waals surface area (Å²) in [5, 5.41) is 2.48. The highest BCUT2D eigenvalue weighted by Gasteiger charge is 2.46. The average Bonchev–Trinajstić information content (AvgIpc) is 3.45. The number of Topliss-reactive ketones (excluding diaryl/α,β-unsaturated/α-hetero) is 2. The molecule has 0 unspecified atom stereocenters. The summed E-state index contributed by atoms with van der Waals surface area (Å²) >= 11 is 12.0. The Kier molecular flexibility index (Phi) is 6.82. The normalized spacial score (nSPS) is 18.5. The number of hydrazine groups is 1. The zero-order valence-corrected chi connectivity index (χ0v) is 21.6. The molecule has 8 heteroatoms. The van der Waals surface area contributed by atoms with Crippen molar-refractivity contribution in [1.29, 1.82) is 0 Å². The van der Waals surface area contributed by atoms with Crippen molar-refractivity contribution in [3.05, 3.63) is 111 Å². The number of para-hydroxylation sites is 1. The van der Waals surface area contributed by atoms with E-state index in [1.807, 2.05) is 30.3 Å². The van der Waals surface area contributed by atoms with Crippen molar-refractivity contribution in [2.45, 2.75) is 20.0 Å². The molecule has 2 aliphatic rings. The van der Waals surface area contributed by atoms with Crippen LogP contribution >= 0.6 is 23.2 Å². The quantitative estimate of drug-likeness (QED) is 0.381. The second-order valence-electron chi connectivity index (χ2n) is 9.04. The molecule has 3 atom stereocenters. The molecule has 1 amide bonds. The fraction of sp³-hybridized carbons (Fsp3) is 0.172. The number of amides is 1. The van der Waals surface area contributed by atoms with Gasteiger partial charge in [-0.3, -0.25) is 19.4 Å². The van der Waals surface area contributed by atoms with Crippen LogP contribution in [0.5, 0.6) is 0 Å². The third kappa shape index (κ3) is 4.64. The van der Waals surface area contributed by atoms with Crippen molar-refractivity contribution in [1.82, 2.24) is 5.43 Å². The summed E-state index contributed by atoms with van der Waals surface area (Å²) in [7, 11) is 0. The van der Waals surface area contributed by atoms with Crippen LogP contribution in [0.3, 0.4) is 0 Å². The minimum absolute atomic E-state index is 0.174. The number of fused-ring (bicyclic) bond motifs is 1. The second kappa shape index (κ2) is 10.1. The molecule has 3 aromatic carbocycles. The Bertz CT molecular complexity index is 1450. The molecule has 3 aromatic rings. The molecule has 2 aliphatic heterocycles. The number of carbonyl (C=O) groups is 3. The molecule has 0 aliphatic carbocycles. The van der Waals surface area contributed by atoms with E-state index in [-0.39, 0.29) is 17.5 Å². The number of hydrogen-bond acceptors (Lipinski definition) is 5. The lowest BCUT2D eigenvalue weighted by Crippen LogP contribution is -2.38. The molecule has 0 radical (unpaired) electrons. The fourth-order valence-corrected chi connectivity index (χ4v) is 4.99. The molecule has 5 rings (SSSR count). The van der Waals surface area contributed by atoms with E-state index < -0.39 is 18.0 Å². The maximum atomic E-state index is 13.7. The lowest BCUT2D eigenvalue weighted by atomic mass is 9.81. The van der Waals surface area contributed by atoms with Gasteiger partial charge >= 0.3 is 0 Å². The Labute approximate surface area is 224 Å². The number of anilines is 1. The van der Waals surface area contributed by atoms with Gasteiger partial charge in [-0.1, -0.05) is 48.3 Å². The SMILES string of the molecule is C[C@H](C(=O)c1ccc(Cl)cc1)C1=C2C(=O)N(c3ccccc3)N[C@@H]2N=C1[C@@H](C)C(=O)c1ccc(Cl)cc1. The highest BCUT2D eigenvalue weighted by molar-refractivity contribution is 6.31. The van der Waals surface area contributed by atoms with Crippen LogP contribution in [0.1, 0.15) is 34.6 Å². The molecule has 1 N–H and O–H groups in total. The van der Waals surface area contributed by atoms with Crippen LogP contribution in [0.15, 0.2) is 95.0 Å². The van der Waals surface area contributed by atoms with Gasteiger partial charge in [-0.2, -0.15) is 5.43 Å². The van der Waals surface area contributed by atoms with Crippen molar-refractivity contribution < 1.29 is 14.4 Å².